The smallest absolute Gasteiger partial charge is 0.242 e. The van der Waals surface area contributed by atoms with Crippen LogP contribution < -0.4 is 15.5 Å². The monoisotopic (exact) mass is 552 g/mol. The molecule has 0 saturated heterocycles. The molecule has 1 aliphatic carbocycles. The normalized spacial score (nSPS) is 14.4. The van der Waals surface area contributed by atoms with E-state index in [1.165, 1.54) is 28.6 Å². The molecule has 3 aromatic rings. The van der Waals surface area contributed by atoms with Gasteiger partial charge in [0.2, 0.25) is 11.8 Å². The summed E-state index contributed by atoms with van der Waals surface area (Å²) in [5.41, 5.74) is 6.82. The van der Waals surface area contributed by atoms with Gasteiger partial charge in [-0.3, -0.25) is 14.3 Å². The minimum Gasteiger partial charge on any atom is -0.353 e. The van der Waals surface area contributed by atoms with E-state index in [-0.39, 0.29) is 43.4 Å². The number of nitrogens with one attached hydrogen (secondary N) is 2. The predicted molar refractivity (Wildman–Crippen MR) is 159 cm³/mol. The van der Waals surface area contributed by atoms with Gasteiger partial charge in [0.25, 0.3) is 0 Å². The molecule has 2 N–H and O–H groups in total. The van der Waals surface area contributed by atoms with Crippen LogP contribution in [0.15, 0.2) is 36.4 Å². The molecule has 39 heavy (non-hydrogen) atoms. The van der Waals surface area contributed by atoms with E-state index in [9.17, 15) is 9.59 Å². The van der Waals surface area contributed by atoms with Crippen LogP contribution in [0, 0.1) is 6.92 Å². The lowest BCUT2D eigenvalue weighted by Crippen LogP contribution is -2.47. The Morgan fingerprint density at radius 1 is 1.08 bits per heavy atom. The Balaban J connectivity index is 0.00000353. The molecule has 5 rings (SSSR count). The summed E-state index contributed by atoms with van der Waals surface area (Å²) in [6.07, 6.45) is 5.12. The Morgan fingerprint density at radius 2 is 1.82 bits per heavy atom. The maximum absolute atomic E-state index is 13.6. The average Bonchev–Trinajstić information content (AvgIpc) is 3.51. The van der Waals surface area contributed by atoms with E-state index in [0.717, 1.165) is 62.1 Å². The number of benzene rings is 2. The van der Waals surface area contributed by atoms with E-state index in [4.69, 9.17) is 5.10 Å². The van der Waals surface area contributed by atoms with Gasteiger partial charge in [-0.1, -0.05) is 31.2 Å². The van der Waals surface area contributed by atoms with Crippen molar-refractivity contribution in [2.24, 2.45) is 0 Å². The molecular weight excluding hydrogens is 512 g/mol. The second-order valence-electron chi connectivity index (χ2n) is 10.7. The summed E-state index contributed by atoms with van der Waals surface area (Å²) in [5.74, 6) is -0.0675. The zero-order chi connectivity index (χ0) is 26.6. The first-order chi connectivity index (χ1) is 18.4. The summed E-state index contributed by atoms with van der Waals surface area (Å²) in [5, 5.41) is 12.3. The number of hydrogen-bond acceptors (Lipinski definition) is 5. The maximum atomic E-state index is 13.6. The minimum absolute atomic E-state index is 0. The number of carbonyl (C=O) groups is 2. The van der Waals surface area contributed by atoms with Crippen LogP contribution in [0.25, 0.3) is 10.9 Å². The number of amides is 2. The lowest BCUT2D eigenvalue weighted by Gasteiger charge is -2.30. The Labute approximate surface area is 237 Å². The topological polar surface area (TPSA) is 82.5 Å². The van der Waals surface area contributed by atoms with Gasteiger partial charge in [0.1, 0.15) is 0 Å². The van der Waals surface area contributed by atoms with Gasteiger partial charge in [0.05, 0.1) is 18.6 Å². The molecule has 2 heterocycles. The standard InChI is InChI=1S/C30H40N6O2.ClH/c1-4-31-12-13-32-29(37)19-35(20-30(38)34(3)24-16-22-9-5-6-10-23(22)17-24)28-18-26-25(15-21(28)2)27-11-7-8-14-36(27)33-26;/h5-6,9-10,15,18,24,31H,4,7-8,11-14,16-17,19-20H2,1-3H3,(H,32,37);1H. The van der Waals surface area contributed by atoms with E-state index in [2.05, 4.69) is 58.6 Å². The van der Waals surface area contributed by atoms with Crippen molar-refractivity contribution >= 4 is 40.8 Å². The Hall–Kier alpha value is -3.10. The number of nitrogens with zero attached hydrogens (tertiary/aromatic N) is 4. The van der Waals surface area contributed by atoms with Crippen LogP contribution in [0.1, 0.15) is 42.1 Å². The average molecular weight is 553 g/mol. The highest BCUT2D eigenvalue weighted by atomic mass is 35.5. The second kappa shape index (κ2) is 12.8. The predicted octanol–water partition coefficient (Wildman–Crippen LogP) is 3.26. The zero-order valence-corrected chi connectivity index (χ0v) is 24.1. The van der Waals surface area contributed by atoms with Crippen LogP contribution >= 0.6 is 12.4 Å². The van der Waals surface area contributed by atoms with Gasteiger partial charge >= 0.3 is 0 Å². The molecule has 0 radical (unpaired) electrons. The summed E-state index contributed by atoms with van der Waals surface area (Å²) >= 11 is 0. The van der Waals surface area contributed by atoms with Gasteiger partial charge in [0, 0.05) is 49.5 Å². The number of aromatic nitrogens is 2. The third-order valence-electron chi connectivity index (χ3n) is 8.04. The number of carbonyl (C=O) groups excluding carboxylic acids is 2. The van der Waals surface area contributed by atoms with Crippen LogP contribution in [-0.2, 0) is 35.4 Å². The Bertz CT molecular complexity index is 1300. The highest BCUT2D eigenvalue weighted by Crippen LogP contribution is 2.31. The van der Waals surface area contributed by atoms with Crippen molar-refractivity contribution < 1.29 is 9.59 Å². The number of anilines is 1. The van der Waals surface area contributed by atoms with Crippen molar-refractivity contribution in [2.45, 2.75) is 58.5 Å². The van der Waals surface area contributed by atoms with E-state index >= 15 is 0 Å². The summed E-state index contributed by atoms with van der Waals surface area (Å²) in [4.78, 5) is 30.4. The quantitative estimate of drug-likeness (QED) is 0.377. The first-order valence-corrected chi connectivity index (χ1v) is 14.0. The van der Waals surface area contributed by atoms with Gasteiger partial charge in [-0.15, -0.1) is 12.4 Å². The van der Waals surface area contributed by atoms with Gasteiger partial charge in [0.15, 0.2) is 0 Å². The van der Waals surface area contributed by atoms with E-state index in [1.54, 1.807) is 0 Å². The SMILES string of the molecule is CCNCCNC(=O)CN(CC(=O)N(C)C1Cc2ccccc2C1)c1cc2nn3c(c2cc1C)CCCC3.Cl. The van der Waals surface area contributed by atoms with Crippen LogP contribution in [0.5, 0.6) is 0 Å². The molecular formula is C30H41ClN6O2. The molecule has 0 atom stereocenters. The van der Waals surface area contributed by atoms with Crippen molar-refractivity contribution in [3.63, 3.8) is 0 Å². The molecule has 0 saturated carbocycles. The molecule has 0 unspecified atom stereocenters. The molecule has 8 nitrogen and oxygen atoms in total. The van der Waals surface area contributed by atoms with E-state index in [1.807, 2.05) is 23.8 Å². The molecule has 0 spiro atoms. The van der Waals surface area contributed by atoms with Gasteiger partial charge in [-0.25, -0.2) is 0 Å². The zero-order valence-electron chi connectivity index (χ0n) is 23.3. The van der Waals surface area contributed by atoms with Crippen LogP contribution in [-0.4, -0.2) is 72.3 Å². The Kier molecular flexibility index (Phi) is 9.51. The lowest BCUT2D eigenvalue weighted by atomic mass is 10.0. The number of halogens is 1. The van der Waals surface area contributed by atoms with Crippen molar-refractivity contribution in [3.8, 4) is 0 Å². The van der Waals surface area contributed by atoms with Gasteiger partial charge in [-0.05, 0) is 74.4 Å². The fourth-order valence-electron chi connectivity index (χ4n) is 5.88. The fraction of sp³-hybridized carbons (Fsp3) is 0.500. The summed E-state index contributed by atoms with van der Waals surface area (Å²) in [7, 11) is 1.90. The van der Waals surface area contributed by atoms with E-state index in [0.29, 0.717) is 6.54 Å². The summed E-state index contributed by atoms with van der Waals surface area (Å²) in [6, 6.07) is 12.8. The van der Waals surface area contributed by atoms with Crippen molar-refractivity contribution in [1.29, 1.82) is 0 Å². The van der Waals surface area contributed by atoms with Crippen molar-refractivity contribution in [2.75, 3.05) is 44.7 Å². The largest absolute Gasteiger partial charge is 0.353 e. The molecule has 9 heteroatoms. The highest BCUT2D eigenvalue weighted by Gasteiger charge is 2.29. The maximum Gasteiger partial charge on any atom is 0.242 e. The molecule has 0 bridgehead atoms. The second-order valence-corrected chi connectivity index (χ2v) is 10.7. The van der Waals surface area contributed by atoms with Gasteiger partial charge < -0.3 is 20.4 Å². The third kappa shape index (κ3) is 6.39. The summed E-state index contributed by atoms with van der Waals surface area (Å²) in [6.45, 7) is 7.46. The highest BCUT2D eigenvalue weighted by molar-refractivity contribution is 5.91. The molecule has 2 amide bonds. The number of aryl methyl sites for hydroxylation is 3. The first kappa shape index (κ1) is 28.9. The molecule has 2 aromatic carbocycles. The van der Waals surface area contributed by atoms with Crippen LogP contribution in [0.4, 0.5) is 5.69 Å². The van der Waals surface area contributed by atoms with Crippen LogP contribution in [0.3, 0.4) is 0 Å². The first-order valence-electron chi connectivity index (χ1n) is 14.0. The van der Waals surface area contributed by atoms with Crippen molar-refractivity contribution in [1.82, 2.24) is 25.3 Å². The fourth-order valence-corrected chi connectivity index (χ4v) is 5.88. The molecule has 1 aromatic heterocycles. The third-order valence-corrected chi connectivity index (χ3v) is 8.04. The molecule has 210 valence electrons. The van der Waals surface area contributed by atoms with Crippen LogP contribution in [0.2, 0.25) is 0 Å². The number of rotatable bonds is 10. The summed E-state index contributed by atoms with van der Waals surface area (Å²) < 4.78 is 2.13. The van der Waals surface area contributed by atoms with Crippen molar-refractivity contribution in [3.05, 3.63) is 58.8 Å². The minimum atomic E-state index is -0.0877. The molecule has 1 aliphatic heterocycles. The Morgan fingerprint density at radius 3 is 2.54 bits per heavy atom. The molecule has 0 fully saturated rings. The number of fused-ring (bicyclic) bond motifs is 4. The number of hydrogen-bond donors (Lipinski definition) is 2. The molecule has 2 aliphatic rings. The number of likely N-dealkylation sites (N-methyl/N-ethyl adjacent to an activating group) is 2. The lowest BCUT2D eigenvalue weighted by molar-refractivity contribution is -0.130. The van der Waals surface area contributed by atoms with E-state index < -0.39 is 0 Å². The van der Waals surface area contributed by atoms with Gasteiger partial charge in [-0.2, -0.15) is 5.10 Å².